The lowest BCUT2D eigenvalue weighted by Crippen LogP contribution is -2.38. The molecule has 5 nitrogen and oxygen atoms in total. The lowest BCUT2D eigenvalue weighted by Gasteiger charge is -2.34. The number of carbonyl (C=O) groups is 1. The van der Waals surface area contributed by atoms with Gasteiger partial charge in [0.1, 0.15) is 5.78 Å². The summed E-state index contributed by atoms with van der Waals surface area (Å²) >= 11 is 0. The molecule has 32 heavy (non-hydrogen) atoms. The van der Waals surface area contributed by atoms with Crippen LogP contribution >= 0.6 is 0 Å². The number of benzene rings is 3. The fourth-order valence-corrected chi connectivity index (χ4v) is 4.88. The van der Waals surface area contributed by atoms with Crippen LogP contribution in [0.5, 0.6) is 11.5 Å². The normalized spacial score (nSPS) is 22.0. The topological polar surface area (TPSA) is 59.9 Å². The first-order valence-electron chi connectivity index (χ1n) is 10.9. The van der Waals surface area contributed by atoms with E-state index in [9.17, 15) is 4.79 Å². The summed E-state index contributed by atoms with van der Waals surface area (Å²) in [6.07, 6.45) is 1.27. The van der Waals surface area contributed by atoms with Crippen LogP contribution in [-0.4, -0.2) is 25.7 Å². The molecule has 1 heterocycles. The Morgan fingerprint density at radius 2 is 1.59 bits per heavy atom. The number of methoxy groups -OCH3 is 2. The molecular weight excluding hydrogens is 400 g/mol. The molecule has 0 amide bonds. The number of Topliss-reactive ketones (excluding diaryl/α,β-unsaturated/α-hetero) is 1. The number of anilines is 1. The molecule has 3 atom stereocenters. The number of para-hydroxylation sites is 2. The first-order valence-corrected chi connectivity index (χ1v) is 10.9. The van der Waals surface area contributed by atoms with Gasteiger partial charge in [-0.25, -0.2) is 0 Å². The van der Waals surface area contributed by atoms with Crippen LogP contribution < -0.4 is 14.8 Å². The van der Waals surface area contributed by atoms with Crippen molar-refractivity contribution in [2.45, 2.75) is 24.8 Å². The van der Waals surface area contributed by atoms with E-state index in [4.69, 9.17) is 14.5 Å². The van der Waals surface area contributed by atoms with E-state index in [1.165, 1.54) is 5.56 Å². The predicted octanol–water partition coefficient (Wildman–Crippen LogP) is 5.71. The number of ether oxygens (including phenoxy) is 2. The molecule has 0 spiro atoms. The van der Waals surface area contributed by atoms with Gasteiger partial charge in [0.05, 0.1) is 37.6 Å². The van der Waals surface area contributed by atoms with E-state index in [0.29, 0.717) is 17.9 Å². The van der Waals surface area contributed by atoms with Crippen LogP contribution in [0, 0.1) is 5.92 Å². The fourth-order valence-electron chi connectivity index (χ4n) is 4.88. The van der Waals surface area contributed by atoms with E-state index >= 15 is 0 Å². The SMILES string of the molecule is COc1ccc(C2Nc3ccccc3N=C3CC(c4ccccc4)CC(=O)C32)cc1OC. The number of carbonyl (C=O) groups excluding carboxylic acids is 1. The van der Waals surface area contributed by atoms with Crippen molar-refractivity contribution >= 4 is 22.9 Å². The Morgan fingerprint density at radius 1 is 0.844 bits per heavy atom. The Morgan fingerprint density at radius 3 is 2.38 bits per heavy atom. The highest BCUT2D eigenvalue weighted by Gasteiger charge is 2.41. The summed E-state index contributed by atoms with van der Waals surface area (Å²) in [6, 6.07) is 23.9. The summed E-state index contributed by atoms with van der Waals surface area (Å²) in [5, 5.41) is 3.62. The van der Waals surface area contributed by atoms with Gasteiger partial charge in [-0.2, -0.15) is 0 Å². The van der Waals surface area contributed by atoms with Crippen LogP contribution in [0.2, 0.25) is 0 Å². The number of aliphatic imine (C=N–C) groups is 1. The smallest absolute Gasteiger partial charge is 0.161 e. The van der Waals surface area contributed by atoms with Crippen molar-refractivity contribution in [3.8, 4) is 11.5 Å². The third kappa shape index (κ3) is 3.64. The summed E-state index contributed by atoms with van der Waals surface area (Å²) in [6.45, 7) is 0. The average molecular weight is 427 g/mol. The largest absolute Gasteiger partial charge is 0.493 e. The summed E-state index contributed by atoms with van der Waals surface area (Å²) in [5.74, 6) is 1.34. The minimum absolute atomic E-state index is 0.148. The zero-order chi connectivity index (χ0) is 22.1. The van der Waals surface area contributed by atoms with Gasteiger partial charge in [-0.3, -0.25) is 9.79 Å². The molecule has 3 unspecified atom stereocenters. The van der Waals surface area contributed by atoms with Crippen LogP contribution in [0.15, 0.2) is 77.8 Å². The minimum Gasteiger partial charge on any atom is -0.493 e. The molecule has 3 aromatic rings. The van der Waals surface area contributed by atoms with Gasteiger partial charge in [0.2, 0.25) is 0 Å². The molecule has 1 N–H and O–H groups in total. The Hall–Kier alpha value is -3.60. The number of nitrogens with zero attached hydrogens (tertiary/aromatic N) is 1. The molecule has 1 saturated carbocycles. The molecule has 0 radical (unpaired) electrons. The van der Waals surface area contributed by atoms with Gasteiger partial charge >= 0.3 is 0 Å². The molecule has 2 aliphatic rings. The van der Waals surface area contributed by atoms with Crippen molar-refractivity contribution in [3.63, 3.8) is 0 Å². The summed E-state index contributed by atoms with van der Waals surface area (Å²) in [4.78, 5) is 18.6. The van der Waals surface area contributed by atoms with Crippen LogP contribution in [0.4, 0.5) is 11.4 Å². The summed E-state index contributed by atoms with van der Waals surface area (Å²) in [5.41, 5.74) is 4.90. The van der Waals surface area contributed by atoms with Crippen molar-refractivity contribution in [1.82, 2.24) is 0 Å². The lowest BCUT2D eigenvalue weighted by atomic mass is 9.72. The Bertz CT molecular complexity index is 1170. The maximum atomic E-state index is 13.6. The van der Waals surface area contributed by atoms with Crippen LogP contribution in [0.25, 0.3) is 0 Å². The number of hydrogen-bond donors (Lipinski definition) is 1. The van der Waals surface area contributed by atoms with Crippen LogP contribution in [0.3, 0.4) is 0 Å². The standard InChI is InChI=1S/C27H26N2O3/c1-31-24-13-12-18(16-25(24)32-2)27-26-22(28-20-10-6-7-11-21(20)29-27)14-19(15-23(26)30)17-8-4-3-5-9-17/h3-13,16,19,26-27,29H,14-15H2,1-2H3. The molecule has 0 bridgehead atoms. The first kappa shape index (κ1) is 20.3. The highest BCUT2D eigenvalue weighted by Crippen LogP contribution is 2.45. The molecule has 0 saturated heterocycles. The zero-order valence-corrected chi connectivity index (χ0v) is 18.2. The number of nitrogens with one attached hydrogen (secondary N) is 1. The molecule has 1 aliphatic carbocycles. The summed E-state index contributed by atoms with van der Waals surface area (Å²) < 4.78 is 11.0. The third-order valence-electron chi connectivity index (χ3n) is 6.46. The second-order valence-corrected chi connectivity index (χ2v) is 8.32. The molecular formula is C27H26N2O3. The highest BCUT2D eigenvalue weighted by atomic mass is 16.5. The van der Waals surface area contributed by atoms with Gasteiger partial charge in [0, 0.05) is 12.1 Å². The van der Waals surface area contributed by atoms with Gasteiger partial charge in [0.25, 0.3) is 0 Å². The van der Waals surface area contributed by atoms with Gasteiger partial charge < -0.3 is 14.8 Å². The quantitative estimate of drug-likeness (QED) is 0.581. The number of hydrogen-bond acceptors (Lipinski definition) is 5. The highest BCUT2D eigenvalue weighted by molar-refractivity contribution is 6.10. The van der Waals surface area contributed by atoms with E-state index in [1.54, 1.807) is 14.2 Å². The molecule has 162 valence electrons. The van der Waals surface area contributed by atoms with Gasteiger partial charge in [-0.1, -0.05) is 48.5 Å². The zero-order valence-electron chi connectivity index (χ0n) is 18.2. The Labute approximate surface area is 188 Å². The summed E-state index contributed by atoms with van der Waals surface area (Å²) in [7, 11) is 3.25. The Balaban J connectivity index is 1.60. The second kappa shape index (κ2) is 8.50. The number of fused-ring (bicyclic) bond motifs is 2. The van der Waals surface area contributed by atoms with Gasteiger partial charge in [-0.05, 0) is 47.7 Å². The van der Waals surface area contributed by atoms with Crippen molar-refractivity contribution in [2.24, 2.45) is 10.9 Å². The van der Waals surface area contributed by atoms with E-state index in [0.717, 1.165) is 29.1 Å². The maximum Gasteiger partial charge on any atom is 0.161 e. The second-order valence-electron chi connectivity index (χ2n) is 8.32. The van der Waals surface area contributed by atoms with Crippen molar-refractivity contribution in [2.75, 3.05) is 19.5 Å². The Kier molecular flexibility index (Phi) is 5.39. The fraction of sp³-hybridized carbons (Fsp3) is 0.259. The van der Waals surface area contributed by atoms with Crippen LogP contribution in [-0.2, 0) is 4.79 Å². The molecule has 3 aromatic carbocycles. The number of ketones is 1. The van der Waals surface area contributed by atoms with E-state index in [1.807, 2.05) is 60.7 Å². The maximum absolute atomic E-state index is 13.6. The van der Waals surface area contributed by atoms with E-state index < -0.39 is 0 Å². The van der Waals surface area contributed by atoms with Gasteiger partial charge in [-0.15, -0.1) is 0 Å². The minimum atomic E-state index is -0.333. The molecule has 5 rings (SSSR count). The molecule has 0 aromatic heterocycles. The van der Waals surface area contributed by atoms with Gasteiger partial charge in [0.15, 0.2) is 11.5 Å². The lowest BCUT2D eigenvalue weighted by molar-refractivity contribution is -0.122. The third-order valence-corrected chi connectivity index (χ3v) is 6.46. The van der Waals surface area contributed by atoms with Crippen molar-refractivity contribution < 1.29 is 14.3 Å². The van der Waals surface area contributed by atoms with Crippen LogP contribution in [0.1, 0.15) is 35.9 Å². The van der Waals surface area contributed by atoms with Crippen molar-refractivity contribution in [1.29, 1.82) is 0 Å². The average Bonchev–Trinajstić information content (AvgIpc) is 3.01. The van der Waals surface area contributed by atoms with E-state index in [2.05, 4.69) is 17.4 Å². The van der Waals surface area contributed by atoms with E-state index in [-0.39, 0.29) is 23.7 Å². The molecule has 1 aliphatic heterocycles. The monoisotopic (exact) mass is 426 g/mol. The number of rotatable bonds is 4. The van der Waals surface area contributed by atoms with Crippen molar-refractivity contribution in [3.05, 3.63) is 83.9 Å². The predicted molar refractivity (Wildman–Crippen MR) is 126 cm³/mol. The molecule has 5 heteroatoms. The molecule has 1 fully saturated rings. The first-order chi connectivity index (χ1) is 15.7.